The molecule has 11 nitrogen and oxygen atoms in total. The van der Waals surface area contributed by atoms with E-state index >= 15 is 0 Å². The molecule has 1 aromatic carbocycles. The number of hydrogen-bond donors (Lipinski definition) is 6. The smallest absolute Gasteiger partial charge is 0.326 e. The second-order valence-electron chi connectivity index (χ2n) is 7.44. The first-order valence-corrected chi connectivity index (χ1v) is 11.6. The van der Waals surface area contributed by atoms with E-state index < -0.39 is 60.2 Å². The summed E-state index contributed by atoms with van der Waals surface area (Å²) in [6.45, 7) is 1.35. The summed E-state index contributed by atoms with van der Waals surface area (Å²) in [5.41, 5.74) is 11.9. The summed E-state index contributed by atoms with van der Waals surface area (Å²) in [4.78, 5) is 60.2. The summed E-state index contributed by atoms with van der Waals surface area (Å²) >= 11 is 1.43. The minimum atomic E-state index is -1.35. The molecule has 4 atom stereocenters. The molecule has 0 aliphatic rings. The molecular weight excluding hydrogens is 450 g/mol. The normalized spacial score (nSPS) is 14.3. The van der Waals surface area contributed by atoms with E-state index in [0.717, 1.165) is 5.56 Å². The van der Waals surface area contributed by atoms with E-state index in [1.165, 1.54) is 18.7 Å². The van der Waals surface area contributed by atoms with Crippen LogP contribution in [0.1, 0.15) is 25.3 Å². The number of nitrogens with one attached hydrogen (secondary N) is 3. The number of aliphatic carboxylic acids is 1. The average Bonchev–Trinajstić information content (AvgIpc) is 2.75. The van der Waals surface area contributed by atoms with Crippen LogP contribution in [0.4, 0.5) is 0 Å². The van der Waals surface area contributed by atoms with Gasteiger partial charge in [-0.15, -0.1) is 0 Å². The number of hydrogen-bond acceptors (Lipinski definition) is 7. The number of carboxylic acids is 1. The monoisotopic (exact) mass is 481 g/mol. The van der Waals surface area contributed by atoms with Gasteiger partial charge in [-0.3, -0.25) is 19.2 Å². The third-order valence-corrected chi connectivity index (χ3v) is 5.29. The molecule has 0 aliphatic heterocycles. The Morgan fingerprint density at radius 2 is 1.58 bits per heavy atom. The third-order valence-electron chi connectivity index (χ3n) is 4.65. The number of primary amides is 1. The van der Waals surface area contributed by atoms with Gasteiger partial charge >= 0.3 is 5.97 Å². The first-order valence-electron chi connectivity index (χ1n) is 10.3. The van der Waals surface area contributed by atoms with Crippen LogP contribution in [0.2, 0.25) is 0 Å². The van der Waals surface area contributed by atoms with Crippen molar-refractivity contribution in [1.82, 2.24) is 16.0 Å². The predicted molar refractivity (Wildman–Crippen MR) is 124 cm³/mol. The molecule has 1 aromatic rings. The van der Waals surface area contributed by atoms with Gasteiger partial charge in [0.05, 0.1) is 12.5 Å². The van der Waals surface area contributed by atoms with Crippen LogP contribution >= 0.6 is 11.8 Å². The van der Waals surface area contributed by atoms with Crippen molar-refractivity contribution in [2.24, 2.45) is 11.5 Å². The summed E-state index contributed by atoms with van der Waals surface area (Å²) in [5, 5.41) is 16.4. The number of carboxylic acid groups (broad SMARTS) is 1. The minimum Gasteiger partial charge on any atom is -0.480 e. The molecule has 0 bridgehead atoms. The second-order valence-corrected chi connectivity index (χ2v) is 8.42. The van der Waals surface area contributed by atoms with Crippen LogP contribution in [0, 0.1) is 0 Å². The van der Waals surface area contributed by atoms with Crippen LogP contribution in [0.25, 0.3) is 0 Å². The van der Waals surface area contributed by atoms with Crippen molar-refractivity contribution >= 4 is 41.4 Å². The van der Waals surface area contributed by atoms with Gasteiger partial charge in [-0.2, -0.15) is 11.8 Å². The molecule has 1 rings (SSSR count). The van der Waals surface area contributed by atoms with E-state index in [0.29, 0.717) is 5.75 Å². The van der Waals surface area contributed by atoms with Gasteiger partial charge in [-0.1, -0.05) is 30.3 Å². The molecule has 12 heteroatoms. The predicted octanol–water partition coefficient (Wildman–Crippen LogP) is -1.26. The van der Waals surface area contributed by atoms with E-state index in [1.54, 1.807) is 24.3 Å². The third kappa shape index (κ3) is 10.4. The van der Waals surface area contributed by atoms with Crippen LogP contribution in [0.15, 0.2) is 30.3 Å². The maximum atomic E-state index is 12.6. The molecule has 0 aromatic heterocycles. The van der Waals surface area contributed by atoms with Crippen molar-refractivity contribution in [3.8, 4) is 0 Å². The summed E-state index contributed by atoms with van der Waals surface area (Å²) in [5.74, 6) is -3.72. The van der Waals surface area contributed by atoms with Gasteiger partial charge in [0.25, 0.3) is 0 Å². The van der Waals surface area contributed by atoms with Crippen molar-refractivity contribution in [2.75, 3.05) is 12.0 Å². The average molecular weight is 482 g/mol. The maximum Gasteiger partial charge on any atom is 0.326 e. The highest BCUT2D eigenvalue weighted by molar-refractivity contribution is 7.98. The first-order chi connectivity index (χ1) is 15.5. The van der Waals surface area contributed by atoms with Gasteiger partial charge in [-0.25, -0.2) is 4.79 Å². The van der Waals surface area contributed by atoms with Crippen LogP contribution in [-0.2, 0) is 30.4 Å². The summed E-state index contributed by atoms with van der Waals surface area (Å²) in [6.07, 6.45) is 1.73. The van der Waals surface area contributed by atoms with E-state index in [9.17, 15) is 29.1 Å². The van der Waals surface area contributed by atoms with Crippen molar-refractivity contribution in [2.45, 2.75) is 50.4 Å². The van der Waals surface area contributed by atoms with Crippen molar-refractivity contribution in [1.29, 1.82) is 0 Å². The van der Waals surface area contributed by atoms with E-state index in [2.05, 4.69) is 16.0 Å². The molecule has 0 fully saturated rings. The zero-order valence-corrected chi connectivity index (χ0v) is 19.4. The van der Waals surface area contributed by atoms with Crippen LogP contribution < -0.4 is 27.4 Å². The van der Waals surface area contributed by atoms with Gasteiger partial charge in [0.2, 0.25) is 23.6 Å². The van der Waals surface area contributed by atoms with Crippen molar-refractivity contribution < 1.29 is 29.1 Å². The Labute approximate surface area is 196 Å². The lowest BCUT2D eigenvalue weighted by molar-refractivity contribution is -0.142. The number of benzene rings is 1. The fourth-order valence-electron chi connectivity index (χ4n) is 2.82. The number of amides is 4. The Kier molecular flexibility index (Phi) is 11.9. The molecule has 4 amide bonds. The lowest BCUT2D eigenvalue weighted by atomic mass is 10.1. The van der Waals surface area contributed by atoms with E-state index in [1.807, 2.05) is 12.3 Å². The number of nitrogens with two attached hydrogens (primary N) is 2. The number of rotatable bonds is 14. The fourth-order valence-corrected chi connectivity index (χ4v) is 3.29. The quantitative estimate of drug-likeness (QED) is 0.189. The molecule has 0 saturated heterocycles. The maximum absolute atomic E-state index is 12.6. The SMILES string of the molecule is CSCCC(NC(=O)C(C)NC(=O)C(CC(N)=O)NC(=O)C(N)Cc1ccccc1)C(=O)O. The highest BCUT2D eigenvalue weighted by Crippen LogP contribution is 2.04. The van der Waals surface area contributed by atoms with Crippen LogP contribution in [0.5, 0.6) is 0 Å². The zero-order valence-electron chi connectivity index (χ0n) is 18.6. The Hall–Kier alpha value is -3.12. The highest BCUT2D eigenvalue weighted by atomic mass is 32.2. The zero-order chi connectivity index (χ0) is 25.0. The largest absolute Gasteiger partial charge is 0.480 e. The van der Waals surface area contributed by atoms with Crippen molar-refractivity contribution in [3.63, 3.8) is 0 Å². The lowest BCUT2D eigenvalue weighted by Crippen LogP contribution is -2.57. The van der Waals surface area contributed by atoms with Crippen molar-refractivity contribution in [3.05, 3.63) is 35.9 Å². The fraction of sp³-hybridized carbons (Fsp3) is 0.476. The standard InChI is InChI=1S/C21H31N5O6S/c1-12(18(28)25-15(21(31)32)8-9-33-2)24-20(30)16(11-17(23)27)26-19(29)14(22)10-13-6-4-3-5-7-13/h3-7,12,14-16H,8-11,22H2,1-2H3,(H2,23,27)(H,24,30)(H,25,28)(H,26,29)(H,31,32). The van der Waals surface area contributed by atoms with E-state index in [4.69, 9.17) is 11.5 Å². The summed E-state index contributed by atoms with van der Waals surface area (Å²) < 4.78 is 0. The van der Waals surface area contributed by atoms with Gasteiger partial charge in [0.15, 0.2) is 0 Å². The molecule has 0 saturated carbocycles. The van der Waals surface area contributed by atoms with E-state index in [-0.39, 0.29) is 12.8 Å². The van der Waals surface area contributed by atoms with Crippen LogP contribution in [0.3, 0.4) is 0 Å². The minimum absolute atomic E-state index is 0.211. The summed E-state index contributed by atoms with van der Waals surface area (Å²) in [7, 11) is 0. The van der Waals surface area contributed by atoms with Crippen LogP contribution in [-0.4, -0.2) is 70.9 Å². The molecule has 0 radical (unpaired) electrons. The Morgan fingerprint density at radius 3 is 2.12 bits per heavy atom. The molecule has 0 heterocycles. The lowest BCUT2D eigenvalue weighted by Gasteiger charge is -2.23. The van der Waals surface area contributed by atoms with Gasteiger partial charge < -0.3 is 32.5 Å². The topological polar surface area (TPSA) is 194 Å². The highest BCUT2D eigenvalue weighted by Gasteiger charge is 2.29. The Balaban J connectivity index is 2.75. The molecule has 0 aliphatic carbocycles. The number of carbonyl (C=O) groups excluding carboxylic acids is 4. The number of carbonyl (C=O) groups is 5. The first kappa shape index (κ1) is 27.9. The number of thioether (sulfide) groups is 1. The Bertz CT molecular complexity index is 838. The van der Waals surface area contributed by atoms with Gasteiger partial charge in [-0.05, 0) is 37.3 Å². The molecule has 4 unspecified atom stereocenters. The Morgan fingerprint density at radius 1 is 0.970 bits per heavy atom. The second kappa shape index (κ2) is 14.1. The summed E-state index contributed by atoms with van der Waals surface area (Å²) in [6, 6.07) is 4.44. The molecule has 33 heavy (non-hydrogen) atoms. The molecule has 0 spiro atoms. The molecule has 182 valence electrons. The molecule has 8 N–H and O–H groups in total. The molecular formula is C21H31N5O6S. The van der Waals surface area contributed by atoms with Gasteiger partial charge in [0, 0.05) is 0 Å². The van der Waals surface area contributed by atoms with Gasteiger partial charge in [0.1, 0.15) is 18.1 Å².